The smallest absolute Gasteiger partial charge is 0.239 e. The van der Waals surface area contributed by atoms with E-state index in [-0.39, 0.29) is 18.4 Å². The van der Waals surface area contributed by atoms with E-state index in [9.17, 15) is 9.59 Å². The van der Waals surface area contributed by atoms with E-state index in [0.717, 1.165) is 22.6 Å². The van der Waals surface area contributed by atoms with E-state index in [0.29, 0.717) is 19.4 Å². The summed E-state index contributed by atoms with van der Waals surface area (Å²) in [7, 11) is 5.13. The van der Waals surface area contributed by atoms with Gasteiger partial charge >= 0.3 is 0 Å². The number of carbonyl (C=O) groups excluding carboxylic acids is 2. The lowest BCUT2D eigenvalue weighted by Crippen LogP contribution is -2.29. The summed E-state index contributed by atoms with van der Waals surface area (Å²) in [5.41, 5.74) is 2.94. The van der Waals surface area contributed by atoms with Gasteiger partial charge in [0.2, 0.25) is 11.8 Å². The molecule has 27 heavy (non-hydrogen) atoms. The molecule has 0 heterocycles. The predicted molar refractivity (Wildman–Crippen MR) is 107 cm³/mol. The molecule has 0 unspecified atom stereocenters. The van der Waals surface area contributed by atoms with Crippen LogP contribution in [0.15, 0.2) is 48.5 Å². The predicted octanol–water partition coefficient (Wildman–Crippen LogP) is 2.44. The Morgan fingerprint density at radius 1 is 1.04 bits per heavy atom. The third-order valence-electron chi connectivity index (χ3n) is 4.16. The van der Waals surface area contributed by atoms with Gasteiger partial charge in [-0.1, -0.05) is 24.3 Å². The van der Waals surface area contributed by atoms with Crippen molar-refractivity contribution in [1.82, 2.24) is 10.2 Å². The fourth-order valence-corrected chi connectivity index (χ4v) is 2.50. The van der Waals surface area contributed by atoms with Crippen LogP contribution in [0.3, 0.4) is 0 Å². The van der Waals surface area contributed by atoms with Crippen LogP contribution in [0, 0.1) is 0 Å². The van der Waals surface area contributed by atoms with Gasteiger partial charge in [0.1, 0.15) is 5.75 Å². The number of anilines is 1. The molecule has 0 aliphatic rings. The molecule has 0 atom stereocenters. The number of nitrogens with zero attached hydrogens (tertiary/aromatic N) is 1. The Morgan fingerprint density at radius 2 is 1.78 bits per heavy atom. The first kappa shape index (κ1) is 20.3. The average molecular weight is 369 g/mol. The van der Waals surface area contributed by atoms with Gasteiger partial charge in [-0.2, -0.15) is 0 Å². The summed E-state index contributed by atoms with van der Waals surface area (Å²) < 4.78 is 5.12. The van der Waals surface area contributed by atoms with E-state index in [2.05, 4.69) is 10.6 Å². The molecule has 0 aromatic heterocycles. The Kier molecular flexibility index (Phi) is 7.67. The van der Waals surface area contributed by atoms with Crippen LogP contribution < -0.4 is 15.4 Å². The summed E-state index contributed by atoms with van der Waals surface area (Å²) in [6.07, 6.45) is 1.15. The summed E-state index contributed by atoms with van der Waals surface area (Å²) >= 11 is 0. The number of hydrogen-bond donors (Lipinski definition) is 2. The average Bonchev–Trinajstić information content (AvgIpc) is 2.69. The molecular weight excluding hydrogens is 342 g/mol. The van der Waals surface area contributed by atoms with Crippen molar-refractivity contribution in [3.8, 4) is 5.75 Å². The lowest BCUT2D eigenvalue weighted by Gasteiger charge is -2.11. The monoisotopic (exact) mass is 369 g/mol. The highest BCUT2D eigenvalue weighted by Crippen LogP contribution is 2.13. The molecule has 0 aliphatic carbocycles. The van der Waals surface area contributed by atoms with Crippen LogP contribution in [0.4, 0.5) is 5.69 Å². The van der Waals surface area contributed by atoms with Crippen LogP contribution in [-0.4, -0.2) is 44.5 Å². The third-order valence-corrected chi connectivity index (χ3v) is 4.16. The Morgan fingerprint density at radius 3 is 2.44 bits per heavy atom. The third kappa shape index (κ3) is 7.01. The van der Waals surface area contributed by atoms with Gasteiger partial charge in [0.25, 0.3) is 0 Å². The molecule has 0 saturated carbocycles. The molecule has 0 saturated heterocycles. The van der Waals surface area contributed by atoms with E-state index in [4.69, 9.17) is 4.74 Å². The van der Waals surface area contributed by atoms with Crippen molar-refractivity contribution >= 4 is 17.5 Å². The highest BCUT2D eigenvalue weighted by Gasteiger charge is 2.06. The number of hydrogen-bond acceptors (Lipinski definition) is 4. The van der Waals surface area contributed by atoms with Crippen molar-refractivity contribution in [2.45, 2.75) is 19.4 Å². The van der Waals surface area contributed by atoms with E-state index < -0.39 is 0 Å². The second kappa shape index (κ2) is 10.2. The molecule has 6 heteroatoms. The van der Waals surface area contributed by atoms with Crippen LogP contribution in [0.1, 0.15) is 17.5 Å². The Hall–Kier alpha value is -3.02. The van der Waals surface area contributed by atoms with Gasteiger partial charge in [-0.15, -0.1) is 0 Å². The summed E-state index contributed by atoms with van der Waals surface area (Å²) in [6.45, 7) is 0.660. The van der Waals surface area contributed by atoms with E-state index in [1.54, 1.807) is 26.1 Å². The molecule has 2 aromatic rings. The summed E-state index contributed by atoms with van der Waals surface area (Å²) in [5.74, 6) is 0.809. The normalized spacial score (nSPS) is 10.2. The van der Waals surface area contributed by atoms with Gasteiger partial charge in [0.15, 0.2) is 0 Å². The van der Waals surface area contributed by atoms with Crippen molar-refractivity contribution in [2.24, 2.45) is 0 Å². The van der Waals surface area contributed by atoms with Crippen LogP contribution in [-0.2, 0) is 22.6 Å². The van der Waals surface area contributed by atoms with Gasteiger partial charge in [-0.25, -0.2) is 0 Å². The topological polar surface area (TPSA) is 70.7 Å². The molecular formula is C21H27N3O3. The van der Waals surface area contributed by atoms with Gasteiger partial charge in [0, 0.05) is 32.7 Å². The first-order chi connectivity index (χ1) is 13.0. The van der Waals surface area contributed by atoms with Crippen LogP contribution in [0.5, 0.6) is 5.75 Å². The second-order valence-electron chi connectivity index (χ2n) is 6.47. The van der Waals surface area contributed by atoms with Crippen molar-refractivity contribution < 1.29 is 14.3 Å². The van der Waals surface area contributed by atoms with Crippen molar-refractivity contribution in [3.63, 3.8) is 0 Å². The summed E-state index contributed by atoms with van der Waals surface area (Å²) in [6, 6.07) is 15.4. The quantitative estimate of drug-likeness (QED) is 0.712. The number of nitrogens with one attached hydrogen (secondary N) is 2. The van der Waals surface area contributed by atoms with E-state index >= 15 is 0 Å². The van der Waals surface area contributed by atoms with E-state index in [1.165, 1.54) is 0 Å². The fourth-order valence-electron chi connectivity index (χ4n) is 2.50. The first-order valence-electron chi connectivity index (χ1n) is 8.90. The molecule has 2 aromatic carbocycles. The molecule has 2 rings (SSSR count). The number of rotatable bonds is 9. The van der Waals surface area contributed by atoms with E-state index in [1.807, 2.05) is 48.5 Å². The standard InChI is InChI=1S/C21H27N3O3/c1-24(2)21(26)12-9-16-5-4-6-18(13-16)22-15-20(25)23-14-17-7-10-19(27-3)11-8-17/h4-8,10-11,13,22H,9,12,14-15H2,1-3H3,(H,23,25). The number of benzene rings is 2. The molecule has 6 nitrogen and oxygen atoms in total. The first-order valence-corrected chi connectivity index (χ1v) is 8.90. The van der Waals surface area contributed by atoms with Crippen LogP contribution in [0.25, 0.3) is 0 Å². The molecule has 2 amide bonds. The molecule has 0 radical (unpaired) electrons. The SMILES string of the molecule is COc1ccc(CNC(=O)CNc2cccc(CCC(=O)N(C)C)c2)cc1. The Labute approximate surface area is 160 Å². The lowest BCUT2D eigenvalue weighted by molar-refractivity contribution is -0.128. The zero-order valence-electron chi connectivity index (χ0n) is 16.1. The molecule has 0 fully saturated rings. The molecule has 0 bridgehead atoms. The van der Waals surface area contributed by atoms with Gasteiger partial charge in [0.05, 0.1) is 13.7 Å². The maximum atomic E-state index is 12.0. The molecule has 144 valence electrons. The minimum Gasteiger partial charge on any atom is -0.497 e. The zero-order valence-corrected chi connectivity index (χ0v) is 16.1. The highest BCUT2D eigenvalue weighted by molar-refractivity contribution is 5.80. The van der Waals surface area contributed by atoms with Gasteiger partial charge in [-0.3, -0.25) is 9.59 Å². The molecule has 0 aliphatic heterocycles. The number of aryl methyl sites for hydroxylation is 1. The molecule has 2 N–H and O–H groups in total. The van der Waals surface area contributed by atoms with Crippen LogP contribution in [0.2, 0.25) is 0 Å². The number of ether oxygens (including phenoxy) is 1. The van der Waals surface area contributed by atoms with Crippen molar-refractivity contribution in [3.05, 3.63) is 59.7 Å². The Balaban J connectivity index is 1.77. The maximum Gasteiger partial charge on any atom is 0.239 e. The molecule has 0 spiro atoms. The number of methoxy groups -OCH3 is 1. The maximum absolute atomic E-state index is 12.0. The second-order valence-corrected chi connectivity index (χ2v) is 6.47. The van der Waals surface area contributed by atoms with Gasteiger partial charge < -0.3 is 20.3 Å². The van der Waals surface area contributed by atoms with Crippen molar-refractivity contribution in [1.29, 1.82) is 0 Å². The minimum absolute atomic E-state index is 0.0843. The fraction of sp³-hybridized carbons (Fsp3) is 0.333. The largest absolute Gasteiger partial charge is 0.497 e. The Bertz CT molecular complexity index is 758. The lowest BCUT2D eigenvalue weighted by atomic mass is 10.1. The summed E-state index contributed by atoms with van der Waals surface area (Å²) in [5, 5.41) is 6.00. The zero-order chi connectivity index (χ0) is 19.6. The minimum atomic E-state index is -0.0843. The highest BCUT2D eigenvalue weighted by atomic mass is 16.5. The number of amides is 2. The summed E-state index contributed by atoms with van der Waals surface area (Å²) in [4.78, 5) is 25.3. The van der Waals surface area contributed by atoms with Gasteiger partial charge in [-0.05, 0) is 41.8 Å². The van der Waals surface area contributed by atoms with Crippen molar-refractivity contribution in [2.75, 3.05) is 33.1 Å². The van der Waals surface area contributed by atoms with Crippen LogP contribution >= 0.6 is 0 Å². The number of carbonyl (C=O) groups is 2.